The van der Waals surface area contributed by atoms with E-state index in [1.165, 1.54) is 27.8 Å². The molecule has 10 aromatic rings. The molecule has 78 heavy (non-hydrogen) atoms. The normalized spacial score (nSPS) is 12.6. The van der Waals surface area contributed by atoms with Crippen molar-refractivity contribution in [1.29, 1.82) is 5.26 Å². The summed E-state index contributed by atoms with van der Waals surface area (Å²) in [7, 11) is 0. The number of fused-ring (bicyclic) bond motifs is 6. The summed E-state index contributed by atoms with van der Waals surface area (Å²) in [5, 5.41) is 10.3. The van der Waals surface area contributed by atoms with Crippen LogP contribution in [-0.2, 0) is 31.9 Å². The topological polar surface area (TPSA) is 49.6 Å². The Labute approximate surface area is 474 Å². The van der Waals surface area contributed by atoms with Crippen LogP contribution in [0.15, 0.2) is 206 Å². The summed E-state index contributed by atoms with van der Waals surface area (Å²) in [4.78, 5) is 14.3. The number of para-hydroxylation sites is 3. The van der Waals surface area contributed by atoms with Gasteiger partial charge in [-0.2, -0.15) is 11.3 Å². The second-order valence-electron chi connectivity index (χ2n) is 22.3. The maximum absolute atomic E-state index is 10.3. The molecule has 2 aliphatic rings. The van der Waals surface area contributed by atoms with Crippen LogP contribution in [-0.4, -0.2) is 4.98 Å². The molecule has 0 aliphatic carbocycles. The van der Waals surface area contributed by atoms with Crippen molar-refractivity contribution in [2.75, 3.05) is 19.6 Å². The van der Waals surface area contributed by atoms with Crippen LogP contribution in [0, 0.1) is 44.0 Å². The van der Waals surface area contributed by atoms with E-state index in [4.69, 9.17) is 4.98 Å². The van der Waals surface area contributed by atoms with E-state index in [1.807, 2.05) is 18.3 Å². The van der Waals surface area contributed by atoms with Crippen molar-refractivity contribution in [2.45, 2.75) is 66.2 Å². The van der Waals surface area contributed by atoms with Crippen molar-refractivity contribution >= 4 is 57.0 Å². The molecular weight excluding hydrogens is 1130 g/mol. The zero-order valence-corrected chi connectivity index (χ0v) is 47.5. The zero-order valence-electron chi connectivity index (χ0n) is 45.2. The second kappa shape index (κ2) is 20.5. The molecule has 1 aromatic heterocycles. The summed E-state index contributed by atoms with van der Waals surface area (Å²) in [6, 6.07) is 81.4. The van der Waals surface area contributed by atoms with Gasteiger partial charge in [0, 0.05) is 55.6 Å². The van der Waals surface area contributed by atoms with Gasteiger partial charge < -0.3 is 19.6 Å². The molecule has 0 N–H and O–H groups in total. The monoisotopic (exact) mass is 1190 g/mol. The van der Waals surface area contributed by atoms with Crippen molar-refractivity contribution in [2.24, 2.45) is 0 Å². The largest absolute Gasteiger partial charge is 0.493 e. The molecule has 6 nitrogen and oxygen atoms in total. The van der Waals surface area contributed by atoms with Crippen molar-refractivity contribution in [3.8, 4) is 50.6 Å². The molecule has 0 saturated carbocycles. The third-order valence-electron chi connectivity index (χ3n) is 15.0. The Kier molecular flexibility index (Phi) is 13.5. The fraction of sp³-hybridized carbons (Fsp3) is 0.141. The Hall–Kier alpha value is -8.49. The number of rotatable bonds is 8. The predicted molar refractivity (Wildman–Crippen MR) is 320 cm³/mol. The molecule has 2 aliphatic heterocycles. The predicted octanol–water partition coefficient (Wildman–Crippen LogP) is 19.1. The van der Waals surface area contributed by atoms with Gasteiger partial charge in [-0.25, -0.2) is 4.98 Å². The van der Waals surface area contributed by atoms with Crippen molar-refractivity contribution in [3.63, 3.8) is 0 Å². The first-order valence-electron chi connectivity index (χ1n) is 26.4. The maximum Gasteiger partial charge on any atom is 0.136 e. The molecule has 0 saturated heterocycles. The number of aryl methyl sites for hydroxylation is 2. The number of aromatic nitrogens is 1. The Morgan fingerprint density at radius 3 is 1.81 bits per heavy atom. The van der Waals surface area contributed by atoms with Gasteiger partial charge in [0.05, 0.1) is 17.3 Å². The van der Waals surface area contributed by atoms with Gasteiger partial charge in [-0.05, 0) is 136 Å². The van der Waals surface area contributed by atoms with Crippen molar-refractivity contribution in [3.05, 3.63) is 253 Å². The van der Waals surface area contributed by atoms with Crippen LogP contribution in [0.3, 0.4) is 0 Å². The molecule has 0 unspecified atom stereocenters. The fourth-order valence-corrected chi connectivity index (χ4v) is 11.0. The molecule has 0 radical (unpaired) electrons. The maximum atomic E-state index is 10.3. The van der Waals surface area contributed by atoms with Crippen LogP contribution in [0.5, 0.6) is 0 Å². The molecule has 12 rings (SSSR count). The molecular formula is C71H59N6Pt-3. The Bertz CT molecular complexity index is 3890. The minimum absolute atomic E-state index is 0. The Morgan fingerprint density at radius 2 is 1.14 bits per heavy atom. The van der Waals surface area contributed by atoms with Crippen LogP contribution < -0.4 is 19.6 Å². The van der Waals surface area contributed by atoms with Gasteiger partial charge in [0.2, 0.25) is 0 Å². The van der Waals surface area contributed by atoms with Gasteiger partial charge >= 0.3 is 0 Å². The number of nitrogens with zero attached hydrogens (tertiary/aromatic N) is 6. The minimum Gasteiger partial charge on any atom is -0.493 e. The van der Waals surface area contributed by atoms with Crippen LogP contribution in [0.4, 0.5) is 57.0 Å². The van der Waals surface area contributed by atoms with Crippen molar-refractivity contribution in [1.82, 2.24) is 4.98 Å². The van der Waals surface area contributed by atoms with Gasteiger partial charge in [-0.1, -0.05) is 173 Å². The SMILES string of the molecule is Cc1cccc(C)c1-c1ccnc(N2c3[c-]c(N(c4[c-]c(N5[CH-]N(c6cc(C(C)(C)C)cc(C(C)(C)C)c6)c6ccccc65)cc(-c5ccccc5)c4)c4ccccc4)ccc3-c3ccccc3-c3cc(C#N)ccc32)c1.[Pt]. The van der Waals surface area contributed by atoms with E-state index >= 15 is 0 Å². The number of anilines is 10. The molecule has 0 spiro atoms. The average Bonchev–Trinajstić information content (AvgIpc) is 4.04. The molecule has 0 fully saturated rings. The molecule has 386 valence electrons. The number of hydrogen-bond donors (Lipinski definition) is 0. The smallest absolute Gasteiger partial charge is 0.136 e. The molecule has 3 heterocycles. The first kappa shape index (κ1) is 51.6. The number of benzene rings is 9. The number of hydrogen-bond acceptors (Lipinski definition) is 6. The summed E-state index contributed by atoms with van der Waals surface area (Å²) in [6.45, 7) is 20.3. The van der Waals surface area contributed by atoms with Crippen molar-refractivity contribution < 1.29 is 21.1 Å². The van der Waals surface area contributed by atoms with E-state index in [9.17, 15) is 5.26 Å². The van der Waals surface area contributed by atoms with Gasteiger partial charge in [0.25, 0.3) is 0 Å². The summed E-state index contributed by atoms with van der Waals surface area (Å²) >= 11 is 0. The third-order valence-corrected chi connectivity index (χ3v) is 15.0. The Balaban J connectivity index is 0.00000645. The Morgan fingerprint density at radius 1 is 0.513 bits per heavy atom. The summed E-state index contributed by atoms with van der Waals surface area (Å²) in [5.74, 6) is 0.736. The quantitative estimate of drug-likeness (QED) is 0.141. The van der Waals surface area contributed by atoms with Crippen LogP contribution in [0.1, 0.15) is 69.4 Å². The van der Waals surface area contributed by atoms with E-state index in [2.05, 4.69) is 288 Å². The molecule has 9 aromatic carbocycles. The summed E-state index contributed by atoms with van der Waals surface area (Å²) in [5.41, 5.74) is 22.3. The van der Waals surface area contributed by atoms with E-state index in [-0.39, 0.29) is 31.9 Å². The minimum atomic E-state index is -0.0545. The average molecular weight is 1190 g/mol. The molecule has 0 bridgehead atoms. The standard InChI is InChI=1S/C71H59N6.Pt/c1-47-20-19-21-48(2)69(47)51-34-35-73-68(39-51)77-64-33-30-49(45-72)36-63(64)61-27-16-15-26-60(61)62-32-31-56(44-67(62)77)76(55-24-13-10-14-25-55)59-38-52(50-22-11-9-12-23-50)37-57(43-59)74-46-75(66-29-18-17-28-65(66)74)58-41-53(70(3,4)5)40-54(42-58)71(6,7)8;/h9-42,46H,1-8H3;/q-3;. The number of nitriles is 1. The van der Waals surface area contributed by atoms with E-state index in [0.717, 1.165) is 95.9 Å². The summed E-state index contributed by atoms with van der Waals surface area (Å²) < 4.78 is 0. The van der Waals surface area contributed by atoms with Crippen LogP contribution in [0.25, 0.3) is 44.5 Å². The van der Waals surface area contributed by atoms with Crippen LogP contribution >= 0.6 is 0 Å². The van der Waals surface area contributed by atoms with Gasteiger partial charge in [0.1, 0.15) is 5.82 Å². The molecule has 7 heteroatoms. The molecule has 0 atom stereocenters. The second-order valence-corrected chi connectivity index (χ2v) is 22.3. The van der Waals surface area contributed by atoms with Gasteiger partial charge in [-0.15, -0.1) is 53.8 Å². The third kappa shape index (κ3) is 9.48. The first-order chi connectivity index (χ1) is 37.2. The van der Waals surface area contributed by atoms with E-state index in [1.54, 1.807) is 0 Å². The van der Waals surface area contributed by atoms with Gasteiger partial charge in [-0.3, -0.25) is 0 Å². The van der Waals surface area contributed by atoms with E-state index in [0.29, 0.717) is 5.56 Å². The fourth-order valence-electron chi connectivity index (χ4n) is 11.0. The van der Waals surface area contributed by atoms with Gasteiger partial charge in [0.15, 0.2) is 0 Å². The first-order valence-corrected chi connectivity index (χ1v) is 26.4. The van der Waals surface area contributed by atoms with Crippen LogP contribution in [0.2, 0.25) is 0 Å². The number of pyridine rings is 1. The molecule has 0 amide bonds. The van der Waals surface area contributed by atoms with E-state index < -0.39 is 0 Å². The summed E-state index contributed by atoms with van der Waals surface area (Å²) in [6.07, 6.45) is 1.91. The zero-order chi connectivity index (χ0) is 53.2.